The van der Waals surface area contributed by atoms with Crippen LogP contribution in [0.2, 0.25) is 0 Å². The number of nitrogens with one attached hydrogen (secondary N) is 1. The molecule has 0 saturated heterocycles. The monoisotopic (exact) mass is 304 g/mol. The molecule has 0 aromatic heterocycles. The number of benzene rings is 2. The van der Waals surface area contributed by atoms with Gasteiger partial charge in [-0.15, -0.1) is 0 Å². The fraction of sp³-hybridized carbons (Fsp3) is 0.0714. The molecule has 0 aliphatic heterocycles. The number of carbonyl (C=O) groups is 1. The minimum atomic E-state index is -0.173. The number of urea groups is 1. The summed E-state index contributed by atoms with van der Waals surface area (Å²) in [6, 6.07) is 16.8. The third-order valence-electron chi connectivity index (χ3n) is 2.56. The van der Waals surface area contributed by atoms with Crippen molar-refractivity contribution in [2.75, 3.05) is 17.3 Å². The normalized spacial score (nSPS) is 9.89. The Kier molecular flexibility index (Phi) is 3.99. The lowest BCUT2D eigenvalue weighted by Gasteiger charge is -2.18. The fourth-order valence-corrected chi connectivity index (χ4v) is 1.91. The summed E-state index contributed by atoms with van der Waals surface area (Å²) >= 11 is 3.40. The van der Waals surface area contributed by atoms with Crippen LogP contribution in [0.3, 0.4) is 0 Å². The molecule has 1 N–H and O–H groups in total. The van der Waals surface area contributed by atoms with Crippen molar-refractivity contribution in [2.24, 2.45) is 0 Å². The maximum absolute atomic E-state index is 12.1. The number of rotatable bonds is 2. The van der Waals surface area contributed by atoms with Gasteiger partial charge in [0.2, 0.25) is 0 Å². The molecule has 92 valence electrons. The smallest absolute Gasteiger partial charge is 0.306 e. The summed E-state index contributed by atoms with van der Waals surface area (Å²) in [6.07, 6.45) is 0. The van der Waals surface area contributed by atoms with Crippen molar-refractivity contribution >= 4 is 33.3 Å². The van der Waals surface area contributed by atoms with Crippen LogP contribution in [0.25, 0.3) is 0 Å². The van der Waals surface area contributed by atoms with Crippen LogP contribution in [0.4, 0.5) is 16.2 Å². The van der Waals surface area contributed by atoms with Crippen molar-refractivity contribution in [3.63, 3.8) is 0 Å². The average molecular weight is 305 g/mol. The highest BCUT2D eigenvalue weighted by molar-refractivity contribution is 9.10. The highest BCUT2D eigenvalue weighted by atomic mass is 79.9. The van der Waals surface area contributed by atoms with Crippen molar-refractivity contribution in [1.29, 1.82) is 0 Å². The van der Waals surface area contributed by atoms with Crippen LogP contribution in [0, 0.1) is 0 Å². The standard InChI is InChI=1S/C14H13BrN2O/c1-17(11-7-3-2-4-8-11)14(18)16-13-10-6-5-9-12(13)15/h2-10H,1H3,(H,16,18). The zero-order chi connectivity index (χ0) is 13.0. The summed E-state index contributed by atoms with van der Waals surface area (Å²) in [7, 11) is 1.74. The van der Waals surface area contributed by atoms with Gasteiger partial charge in [0.1, 0.15) is 0 Å². The molecule has 0 aliphatic carbocycles. The maximum atomic E-state index is 12.1. The first kappa shape index (κ1) is 12.6. The Hall–Kier alpha value is -1.81. The molecule has 2 aromatic carbocycles. The first-order chi connectivity index (χ1) is 8.68. The molecule has 4 heteroatoms. The van der Waals surface area contributed by atoms with E-state index in [-0.39, 0.29) is 6.03 Å². The first-order valence-electron chi connectivity index (χ1n) is 5.53. The van der Waals surface area contributed by atoms with Crippen molar-refractivity contribution < 1.29 is 4.79 Å². The summed E-state index contributed by atoms with van der Waals surface area (Å²) in [6.45, 7) is 0. The Morgan fingerprint density at radius 1 is 1.06 bits per heavy atom. The first-order valence-corrected chi connectivity index (χ1v) is 6.32. The van der Waals surface area contributed by atoms with Gasteiger partial charge in [-0.1, -0.05) is 30.3 Å². The van der Waals surface area contributed by atoms with Crippen molar-refractivity contribution in [2.45, 2.75) is 0 Å². The van der Waals surface area contributed by atoms with Crippen LogP contribution < -0.4 is 10.2 Å². The summed E-state index contributed by atoms with van der Waals surface area (Å²) in [5.74, 6) is 0. The van der Waals surface area contributed by atoms with Crippen LogP contribution in [-0.2, 0) is 0 Å². The molecule has 0 radical (unpaired) electrons. The van der Waals surface area contributed by atoms with E-state index in [0.29, 0.717) is 0 Å². The van der Waals surface area contributed by atoms with Gasteiger partial charge in [-0.25, -0.2) is 4.79 Å². The highest BCUT2D eigenvalue weighted by Gasteiger charge is 2.11. The molecule has 0 atom stereocenters. The van der Waals surface area contributed by atoms with Gasteiger partial charge in [0.05, 0.1) is 5.69 Å². The van der Waals surface area contributed by atoms with Gasteiger partial charge in [0.25, 0.3) is 0 Å². The quantitative estimate of drug-likeness (QED) is 0.889. The van der Waals surface area contributed by atoms with Crippen LogP contribution in [-0.4, -0.2) is 13.1 Å². The van der Waals surface area contributed by atoms with E-state index in [2.05, 4.69) is 21.2 Å². The second-order valence-electron chi connectivity index (χ2n) is 3.80. The molecule has 0 aliphatic rings. The lowest BCUT2D eigenvalue weighted by molar-refractivity contribution is 0.258. The van der Waals surface area contributed by atoms with Crippen LogP contribution >= 0.6 is 15.9 Å². The van der Waals surface area contributed by atoms with Gasteiger partial charge in [-0.2, -0.15) is 0 Å². The predicted octanol–water partition coefficient (Wildman–Crippen LogP) is 4.12. The van der Waals surface area contributed by atoms with Gasteiger partial charge in [0.15, 0.2) is 0 Å². The zero-order valence-corrected chi connectivity index (χ0v) is 11.5. The number of halogens is 1. The van der Waals surface area contributed by atoms with Crippen LogP contribution in [0.15, 0.2) is 59.1 Å². The van der Waals surface area contributed by atoms with Gasteiger partial charge < -0.3 is 5.32 Å². The SMILES string of the molecule is CN(C(=O)Nc1ccccc1Br)c1ccccc1. The van der Waals surface area contributed by atoms with Crippen LogP contribution in [0.1, 0.15) is 0 Å². The number of anilines is 2. The Bertz CT molecular complexity index is 543. The van der Waals surface area contributed by atoms with Crippen molar-refractivity contribution in [3.8, 4) is 0 Å². The third-order valence-corrected chi connectivity index (χ3v) is 3.26. The molecule has 0 spiro atoms. The fourth-order valence-electron chi connectivity index (χ4n) is 1.53. The number of nitrogens with zero attached hydrogens (tertiary/aromatic N) is 1. The highest BCUT2D eigenvalue weighted by Crippen LogP contribution is 2.22. The lowest BCUT2D eigenvalue weighted by atomic mass is 10.3. The number of carbonyl (C=O) groups excluding carboxylic acids is 1. The van der Waals surface area contributed by atoms with Crippen molar-refractivity contribution in [1.82, 2.24) is 0 Å². The predicted molar refractivity (Wildman–Crippen MR) is 78.0 cm³/mol. The van der Waals surface area contributed by atoms with E-state index in [1.54, 1.807) is 11.9 Å². The molecular formula is C14H13BrN2O. The minimum absolute atomic E-state index is 0.173. The topological polar surface area (TPSA) is 32.3 Å². The Labute approximate surface area is 115 Å². The van der Waals surface area contributed by atoms with Crippen molar-refractivity contribution in [3.05, 3.63) is 59.1 Å². The molecule has 2 rings (SSSR count). The van der Waals surface area contributed by atoms with E-state index in [9.17, 15) is 4.79 Å². The number of amides is 2. The molecular weight excluding hydrogens is 292 g/mol. The maximum Gasteiger partial charge on any atom is 0.326 e. The average Bonchev–Trinajstić information content (AvgIpc) is 2.41. The zero-order valence-electron chi connectivity index (χ0n) is 9.93. The summed E-state index contributed by atoms with van der Waals surface area (Å²) in [5.41, 5.74) is 1.60. The molecule has 0 saturated carbocycles. The largest absolute Gasteiger partial charge is 0.326 e. The Morgan fingerprint density at radius 3 is 2.33 bits per heavy atom. The second-order valence-corrected chi connectivity index (χ2v) is 4.66. The van der Waals surface area contributed by atoms with E-state index in [4.69, 9.17) is 0 Å². The number of hydrogen-bond acceptors (Lipinski definition) is 1. The van der Waals surface area contributed by atoms with Crippen LogP contribution in [0.5, 0.6) is 0 Å². The lowest BCUT2D eigenvalue weighted by Crippen LogP contribution is -2.31. The van der Waals surface area contributed by atoms with E-state index in [0.717, 1.165) is 15.8 Å². The molecule has 3 nitrogen and oxygen atoms in total. The second kappa shape index (κ2) is 5.69. The summed E-state index contributed by atoms with van der Waals surface area (Å²) < 4.78 is 0.861. The molecule has 0 fully saturated rings. The molecule has 2 aromatic rings. The number of hydrogen-bond donors (Lipinski definition) is 1. The van der Waals surface area contributed by atoms with E-state index < -0.39 is 0 Å². The summed E-state index contributed by atoms with van der Waals surface area (Å²) in [4.78, 5) is 13.6. The minimum Gasteiger partial charge on any atom is -0.306 e. The molecule has 0 unspecified atom stereocenters. The molecule has 0 bridgehead atoms. The summed E-state index contributed by atoms with van der Waals surface area (Å²) in [5, 5.41) is 2.85. The van der Waals surface area contributed by atoms with E-state index in [1.807, 2.05) is 54.6 Å². The van der Waals surface area contributed by atoms with Gasteiger partial charge in [0, 0.05) is 17.2 Å². The van der Waals surface area contributed by atoms with Gasteiger partial charge in [-0.3, -0.25) is 4.90 Å². The van der Waals surface area contributed by atoms with E-state index in [1.165, 1.54) is 0 Å². The van der Waals surface area contributed by atoms with Gasteiger partial charge in [-0.05, 0) is 40.2 Å². The van der Waals surface area contributed by atoms with Gasteiger partial charge >= 0.3 is 6.03 Å². The third kappa shape index (κ3) is 2.90. The Morgan fingerprint density at radius 2 is 1.67 bits per heavy atom. The Balaban J connectivity index is 2.12. The van der Waals surface area contributed by atoms with E-state index >= 15 is 0 Å². The number of para-hydroxylation sites is 2. The molecule has 2 amide bonds. The molecule has 0 heterocycles. The molecule has 18 heavy (non-hydrogen) atoms.